The topological polar surface area (TPSA) is 107 Å². The molecule has 0 aliphatic carbocycles. The van der Waals surface area contributed by atoms with Crippen molar-refractivity contribution in [2.45, 2.75) is 37.8 Å². The van der Waals surface area contributed by atoms with E-state index in [1.807, 2.05) is 23.1 Å². The van der Waals surface area contributed by atoms with Crippen LogP contribution in [0.3, 0.4) is 0 Å². The highest BCUT2D eigenvalue weighted by Gasteiger charge is 2.41. The van der Waals surface area contributed by atoms with Crippen LogP contribution in [0.5, 0.6) is 0 Å². The van der Waals surface area contributed by atoms with E-state index in [0.29, 0.717) is 32.8 Å². The van der Waals surface area contributed by atoms with Crippen molar-refractivity contribution in [1.29, 1.82) is 0 Å². The lowest BCUT2D eigenvalue weighted by Crippen LogP contribution is -2.47. The molecule has 3 atom stereocenters. The molecule has 2 aromatic heterocycles. The van der Waals surface area contributed by atoms with E-state index in [4.69, 9.17) is 19.9 Å². The molecule has 2 fully saturated rings. The molecule has 0 saturated carbocycles. The number of para-hydroxylation sites is 2. The van der Waals surface area contributed by atoms with Gasteiger partial charge in [-0.25, -0.2) is 4.98 Å². The summed E-state index contributed by atoms with van der Waals surface area (Å²) in [6.07, 6.45) is 4.27. The van der Waals surface area contributed by atoms with Crippen molar-refractivity contribution in [2.75, 3.05) is 39.9 Å². The van der Waals surface area contributed by atoms with Crippen LogP contribution in [-0.2, 0) is 16.1 Å². The number of furan rings is 1. The van der Waals surface area contributed by atoms with Gasteiger partial charge >= 0.3 is 0 Å². The summed E-state index contributed by atoms with van der Waals surface area (Å²) in [4.78, 5) is 34.8. The smallest absolute Gasteiger partial charge is 0.289 e. The Morgan fingerprint density at radius 1 is 1.14 bits per heavy atom. The molecule has 1 aromatic carbocycles. The maximum atomic E-state index is 13.6. The second-order valence-corrected chi connectivity index (χ2v) is 9.54. The van der Waals surface area contributed by atoms with E-state index in [0.717, 1.165) is 42.7 Å². The zero-order valence-corrected chi connectivity index (χ0v) is 20.1. The second-order valence-electron chi connectivity index (χ2n) is 9.54. The van der Waals surface area contributed by atoms with Crippen LogP contribution < -0.4 is 5.73 Å². The van der Waals surface area contributed by atoms with Crippen LogP contribution in [0.2, 0.25) is 0 Å². The van der Waals surface area contributed by atoms with Gasteiger partial charge in [-0.1, -0.05) is 12.1 Å². The maximum absolute atomic E-state index is 13.6. The number of aryl methyl sites for hydroxylation is 1. The van der Waals surface area contributed by atoms with Crippen molar-refractivity contribution in [3.63, 3.8) is 0 Å². The Kier molecular flexibility index (Phi) is 6.88. The van der Waals surface area contributed by atoms with E-state index < -0.39 is 5.92 Å². The SMILES string of the molecule is COCCCn1c([C@@H]2CCCN(C(=O)[C@@H]3CN(C(=O)c4ccco4)C[C@H]3N)C2)nc2ccccc21. The molecule has 2 N–H and O–H groups in total. The lowest BCUT2D eigenvalue weighted by atomic mass is 9.94. The first-order valence-electron chi connectivity index (χ1n) is 12.4. The summed E-state index contributed by atoms with van der Waals surface area (Å²) in [5, 5.41) is 0. The average molecular weight is 480 g/mol. The monoisotopic (exact) mass is 479 g/mol. The first-order chi connectivity index (χ1) is 17.1. The number of carbonyl (C=O) groups is 2. The molecule has 186 valence electrons. The van der Waals surface area contributed by atoms with Gasteiger partial charge < -0.3 is 29.3 Å². The summed E-state index contributed by atoms with van der Waals surface area (Å²) in [6, 6.07) is 11.1. The van der Waals surface area contributed by atoms with Crippen LogP contribution in [-0.4, -0.2) is 77.1 Å². The van der Waals surface area contributed by atoms with Crippen LogP contribution in [0.4, 0.5) is 0 Å². The Hall–Kier alpha value is -3.17. The molecule has 0 spiro atoms. The number of benzene rings is 1. The normalized spacial score (nSPS) is 22.7. The van der Waals surface area contributed by atoms with Crippen molar-refractivity contribution in [3.05, 3.63) is 54.2 Å². The number of rotatable bonds is 7. The number of hydrogen-bond donors (Lipinski definition) is 1. The number of imidazole rings is 1. The number of fused-ring (bicyclic) bond motifs is 1. The molecule has 9 nitrogen and oxygen atoms in total. The highest BCUT2D eigenvalue weighted by atomic mass is 16.5. The Balaban J connectivity index is 1.31. The fourth-order valence-electron chi connectivity index (χ4n) is 5.44. The van der Waals surface area contributed by atoms with E-state index >= 15 is 0 Å². The van der Waals surface area contributed by atoms with E-state index in [9.17, 15) is 9.59 Å². The van der Waals surface area contributed by atoms with Gasteiger partial charge in [0.1, 0.15) is 5.82 Å². The number of methoxy groups -OCH3 is 1. The number of likely N-dealkylation sites (tertiary alicyclic amines) is 2. The highest BCUT2D eigenvalue weighted by Crippen LogP contribution is 2.31. The molecule has 0 radical (unpaired) electrons. The lowest BCUT2D eigenvalue weighted by Gasteiger charge is -2.35. The van der Waals surface area contributed by atoms with Crippen molar-refractivity contribution in [2.24, 2.45) is 11.7 Å². The first kappa shape index (κ1) is 23.6. The number of amides is 2. The molecule has 9 heteroatoms. The third-order valence-corrected chi connectivity index (χ3v) is 7.21. The molecule has 5 rings (SSSR count). The molecular weight excluding hydrogens is 446 g/mol. The molecule has 2 saturated heterocycles. The van der Waals surface area contributed by atoms with Crippen LogP contribution in [0.15, 0.2) is 47.1 Å². The molecule has 35 heavy (non-hydrogen) atoms. The number of ether oxygens (including phenoxy) is 1. The van der Waals surface area contributed by atoms with Gasteiger partial charge in [0, 0.05) is 58.4 Å². The Bertz CT molecular complexity index is 1170. The zero-order chi connectivity index (χ0) is 24.4. The minimum atomic E-state index is -0.409. The van der Waals surface area contributed by atoms with E-state index in [-0.39, 0.29) is 29.5 Å². The van der Waals surface area contributed by atoms with Crippen LogP contribution >= 0.6 is 0 Å². The van der Waals surface area contributed by atoms with Gasteiger partial charge in [0.2, 0.25) is 5.91 Å². The Morgan fingerprint density at radius 2 is 2.00 bits per heavy atom. The number of nitrogens with zero attached hydrogens (tertiary/aromatic N) is 4. The lowest BCUT2D eigenvalue weighted by molar-refractivity contribution is -0.136. The largest absolute Gasteiger partial charge is 0.459 e. The van der Waals surface area contributed by atoms with Gasteiger partial charge in [-0.2, -0.15) is 0 Å². The summed E-state index contributed by atoms with van der Waals surface area (Å²) >= 11 is 0. The summed E-state index contributed by atoms with van der Waals surface area (Å²) in [6.45, 7) is 3.49. The van der Waals surface area contributed by atoms with Crippen LogP contribution in [0.1, 0.15) is 41.6 Å². The number of hydrogen-bond acceptors (Lipinski definition) is 6. The maximum Gasteiger partial charge on any atom is 0.289 e. The van der Waals surface area contributed by atoms with Gasteiger partial charge in [-0.05, 0) is 43.5 Å². The first-order valence-corrected chi connectivity index (χ1v) is 12.4. The molecule has 2 aliphatic heterocycles. The van der Waals surface area contributed by atoms with Gasteiger partial charge in [-0.3, -0.25) is 9.59 Å². The standard InChI is InChI=1S/C26H33N5O4/c1-34-13-6-12-31-22-9-3-2-8-21(22)28-24(31)18-7-4-11-29(15-18)25(32)19-16-30(17-20(19)27)26(33)23-10-5-14-35-23/h2-3,5,8-10,14,18-20H,4,6-7,11-13,15-17,27H2,1H3/t18-,19-,20-/m1/s1. The fraction of sp³-hybridized carbons (Fsp3) is 0.500. The molecule has 2 amide bonds. The molecular formula is C26H33N5O4. The Morgan fingerprint density at radius 3 is 2.80 bits per heavy atom. The summed E-state index contributed by atoms with van der Waals surface area (Å²) in [7, 11) is 1.72. The van der Waals surface area contributed by atoms with Gasteiger partial charge in [0.25, 0.3) is 5.91 Å². The summed E-state index contributed by atoms with van der Waals surface area (Å²) in [5.41, 5.74) is 8.45. The minimum Gasteiger partial charge on any atom is -0.459 e. The average Bonchev–Trinajstić information content (AvgIpc) is 3.63. The quantitative estimate of drug-likeness (QED) is 0.522. The van der Waals surface area contributed by atoms with Crippen molar-refractivity contribution < 1.29 is 18.7 Å². The zero-order valence-electron chi connectivity index (χ0n) is 20.1. The third kappa shape index (κ3) is 4.70. The van der Waals surface area contributed by atoms with Crippen LogP contribution in [0, 0.1) is 5.92 Å². The second kappa shape index (κ2) is 10.2. The van der Waals surface area contributed by atoms with Crippen molar-refractivity contribution in [3.8, 4) is 0 Å². The van der Waals surface area contributed by atoms with Crippen LogP contribution in [0.25, 0.3) is 11.0 Å². The van der Waals surface area contributed by atoms with Gasteiger partial charge in [0.05, 0.1) is 23.2 Å². The fourth-order valence-corrected chi connectivity index (χ4v) is 5.44. The highest BCUT2D eigenvalue weighted by molar-refractivity contribution is 5.92. The number of carbonyl (C=O) groups excluding carboxylic acids is 2. The summed E-state index contributed by atoms with van der Waals surface area (Å²) in [5.74, 6) is 0.858. The number of piperidine rings is 1. The van der Waals surface area contributed by atoms with E-state index in [2.05, 4.69) is 10.6 Å². The predicted octanol–water partition coefficient (Wildman–Crippen LogP) is 2.47. The molecule has 0 bridgehead atoms. The molecule has 0 unspecified atom stereocenters. The Labute approximate surface area is 204 Å². The number of nitrogens with two attached hydrogens (primary N) is 1. The molecule has 3 aromatic rings. The van der Waals surface area contributed by atoms with Gasteiger partial charge in [-0.15, -0.1) is 0 Å². The van der Waals surface area contributed by atoms with E-state index in [1.54, 1.807) is 24.1 Å². The molecule has 4 heterocycles. The van der Waals surface area contributed by atoms with Crippen molar-refractivity contribution in [1.82, 2.24) is 19.4 Å². The molecule has 2 aliphatic rings. The third-order valence-electron chi connectivity index (χ3n) is 7.21. The van der Waals surface area contributed by atoms with Gasteiger partial charge in [0.15, 0.2) is 5.76 Å². The van der Waals surface area contributed by atoms with Crippen molar-refractivity contribution >= 4 is 22.8 Å². The number of aromatic nitrogens is 2. The minimum absolute atomic E-state index is 0.0268. The summed E-state index contributed by atoms with van der Waals surface area (Å²) < 4.78 is 12.8. The predicted molar refractivity (Wildman–Crippen MR) is 131 cm³/mol. The van der Waals surface area contributed by atoms with E-state index in [1.165, 1.54) is 6.26 Å².